The van der Waals surface area contributed by atoms with Crippen molar-refractivity contribution < 1.29 is 18.9 Å². The molecular weight excluding hydrogens is 280 g/mol. The first kappa shape index (κ1) is 19.1. The van der Waals surface area contributed by atoms with Crippen molar-refractivity contribution in [2.45, 2.75) is 38.4 Å². The smallest absolute Gasteiger partial charge is 0.104 e. The van der Waals surface area contributed by atoms with E-state index in [1.807, 2.05) is 0 Å². The van der Waals surface area contributed by atoms with Crippen molar-refractivity contribution in [2.75, 3.05) is 40.6 Å². The predicted molar refractivity (Wildman–Crippen MR) is 88.4 cm³/mol. The minimum absolute atomic E-state index is 0.426. The SMILES string of the molecule is CCC(C)c1ccccc1.COCC1CO1.COCC1CO1. The molecule has 4 heteroatoms. The standard InChI is InChI=1S/C10H14.2C4H8O2/c1-3-9(2)10-7-5-4-6-8-10;2*1-5-2-4-3-6-4/h4-9H,3H2,1-2H3;2*4H,2-3H2,1H3. The lowest BCUT2D eigenvalue weighted by molar-refractivity contribution is 0.171. The molecule has 1 aromatic carbocycles. The largest absolute Gasteiger partial charge is 0.382 e. The van der Waals surface area contributed by atoms with Gasteiger partial charge < -0.3 is 18.9 Å². The van der Waals surface area contributed by atoms with Gasteiger partial charge in [0.15, 0.2) is 0 Å². The molecule has 0 saturated carbocycles. The van der Waals surface area contributed by atoms with Crippen LogP contribution in [-0.2, 0) is 18.9 Å². The Hall–Kier alpha value is -0.940. The second-order valence-electron chi connectivity index (χ2n) is 5.54. The number of methoxy groups -OCH3 is 2. The molecule has 0 N–H and O–H groups in total. The van der Waals surface area contributed by atoms with Crippen LogP contribution in [0.4, 0.5) is 0 Å². The van der Waals surface area contributed by atoms with Crippen molar-refractivity contribution in [1.29, 1.82) is 0 Å². The van der Waals surface area contributed by atoms with Gasteiger partial charge in [-0.25, -0.2) is 0 Å². The van der Waals surface area contributed by atoms with Gasteiger partial charge in [-0.05, 0) is 17.9 Å². The summed E-state index contributed by atoms with van der Waals surface area (Å²) in [5, 5.41) is 0. The molecule has 126 valence electrons. The second-order valence-corrected chi connectivity index (χ2v) is 5.54. The Morgan fingerprint density at radius 3 is 1.73 bits per heavy atom. The van der Waals surface area contributed by atoms with Gasteiger partial charge in [-0.3, -0.25) is 0 Å². The third-order valence-corrected chi connectivity index (χ3v) is 3.49. The lowest BCUT2D eigenvalue weighted by atomic mass is 9.99. The molecule has 0 radical (unpaired) electrons. The zero-order valence-corrected chi connectivity index (χ0v) is 14.3. The highest BCUT2D eigenvalue weighted by atomic mass is 16.6. The monoisotopic (exact) mass is 310 g/mol. The van der Waals surface area contributed by atoms with E-state index in [1.54, 1.807) is 14.2 Å². The van der Waals surface area contributed by atoms with Gasteiger partial charge in [-0.1, -0.05) is 44.2 Å². The van der Waals surface area contributed by atoms with Crippen LogP contribution in [0.5, 0.6) is 0 Å². The molecule has 2 fully saturated rings. The van der Waals surface area contributed by atoms with E-state index >= 15 is 0 Å². The van der Waals surface area contributed by atoms with Gasteiger partial charge in [0, 0.05) is 14.2 Å². The fraction of sp³-hybridized carbons (Fsp3) is 0.667. The van der Waals surface area contributed by atoms with Crippen LogP contribution in [0.15, 0.2) is 30.3 Å². The van der Waals surface area contributed by atoms with Crippen molar-refractivity contribution in [3.63, 3.8) is 0 Å². The lowest BCUT2D eigenvalue weighted by Crippen LogP contribution is -1.94. The number of hydrogen-bond donors (Lipinski definition) is 0. The van der Waals surface area contributed by atoms with Crippen LogP contribution in [0.1, 0.15) is 31.7 Å². The Morgan fingerprint density at radius 2 is 1.45 bits per heavy atom. The van der Waals surface area contributed by atoms with Crippen LogP contribution in [0.3, 0.4) is 0 Å². The maximum absolute atomic E-state index is 4.82. The Balaban J connectivity index is 0.000000174. The average Bonchev–Trinajstić information content (AvgIpc) is 3.45. The normalized spacial score (nSPS) is 22.5. The first-order valence-corrected chi connectivity index (χ1v) is 7.97. The summed E-state index contributed by atoms with van der Waals surface area (Å²) in [5.41, 5.74) is 1.45. The Labute approximate surface area is 134 Å². The minimum Gasteiger partial charge on any atom is -0.382 e. The summed E-state index contributed by atoms with van der Waals surface area (Å²) in [5.74, 6) is 0.709. The molecule has 3 unspecified atom stereocenters. The topological polar surface area (TPSA) is 43.5 Å². The molecule has 4 nitrogen and oxygen atoms in total. The van der Waals surface area contributed by atoms with Gasteiger partial charge in [0.2, 0.25) is 0 Å². The van der Waals surface area contributed by atoms with Gasteiger partial charge in [0.05, 0.1) is 26.4 Å². The first-order valence-electron chi connectivity index (χ1n) is 7.97. The highest BCUT2D eigenvalue weighted by Gasteiger charge is 2.21. The van der Waals surface area contributed by atoms with Gasteiger partial charge in [-0.15, -0.1) is 0 Å². The highest BCUT2D eigenvalue weighted by molar-refractivity contribution is 5.18. The number of rotatable bonds is 6. The Kier molecular flexibility index (Phi) is 10.1. The molecule has 2 aliphatic rings. The van der Waals surface area contributed by atoms with E-state index < -0.39 is 0 Å². The highest BCUT2D eigenvalue weighted by Crippen LogP contribution is 2.16. The number of epoxide rings is 2. The van der Waals surface area contributed by atoms with Crippen LogP contribution in [-0.4, -0.2) is 52.9 Å². The maximum atomic E-state index is 4.82. The molecule has 2 heterocycles. The van der Waals surface area contributed by atoms with E-state index in [0.717, 1.165) is 26.4 Å². The molecule has 2 saturated heterocycles. The summed E-state index contributed by atoms with van der Waals surface area (Å²) in [6.45, 7) is 7.80. The van der Waals surface area contributed by atoms with Crippen molar-refractivity contribution >= 4 is 0 Å². The maximum Gasteiger partial charge on any atom is 0.104 e. The third-order valence-electron chi connectivity index (χ3n) is 3.49. The number of benzene rings is 1. The minimum atomic E-state index is 0.426. The summed E-state index contributed by atoms with van der Waals surface area (Å²) in [6.07, 6.45) is 2.08. The third kappa shape index (κ3) is 9.90. The van der Waals surface area contributed by atoms with E-state index in [0.29, 0.717) is 18.1 Å². The van der Waals surface area contributed by atoms with Crippen LogP contribution < -0.4 is 0 Å². The van der Waals surface area contributed by atoms with Gasteiger partial charge in [0.1, 0.15) is 12.2 Å². The summed E-state index contributed by atoms with van der Waals surface area (Å²) in [4.78, 5) is 0. The molecule has 0 bridgehead atoms. The molecule has 0 spiro atoms. The van der Waals surface area contributed by atoms with E-state index in [2.05, 4.69) is 44.2 Å². The fourth-order valence-electron chi connectivity index (χ4n) is 1.72. The van der Waals surface area contributed by atoms with Crippen molar-refractivity contribution in [2.24, 2.45) is 0 Å². The van der Waals surface area contributed by atoms with Crippen LogP contribution in [0.25, 0.3) is 0 Å². The molecule has 3 atom stereocenters. The molecule has 2 aliphatic heterocycles. The van der Waals surface area contributed by atoms with E-state index in [1.165, 1.54) is 12.0 Å². The molecule has 22 heavy (non-hydrogen) atoms. The molecule has 0 amide bonds. The number of ether oxygens (including phenoxy) is 4. The van der Waals surface area contributed by atoms with Crippen LogP contribution >= 0.6 is 0 Å². The first-order chi connectivity index (χ1) is 10.7. The van der Waals surface area contributed by atoms with Crippen molar-refractivity contribution in [3.05, 3.63) is 35.9 Å². The van der Waals surface area contributed by atoms with Crippen molar-refractivity contribution in [1.82, 2.24) is 0 Å². The summed E-state index contributed by atoms with van der Waals surface area (Å²) in [6, 6.07) is 10.6. The lowest BCUT2D eigenvalue weighted by Gasteiger charge is -2.06. The second kappa shape index (κ2) is 11.6. The summed E-state index contributed by atoms with van der Waals surface area (Å²) < 4.78 is 19.1. The number of hydrogen-bond acceptors (Lipinski definition) is 4. The molecular formula is C18H30O4. The average molecular weight is 310 g/mol. The van der Waals surface area contributed by atoms with Crippen LogP contribution in [0.2, 0.25) is 0 Å². The predicted octanol–water partition coefficient (Wildman–Crippen LogP) is 3.26. The zero-order valence-electron chi connectivity index (χ0n) is 14.3. The van der Waals surface area contributed by atoms with E-state index in [9.17, 15) is 0 Å². The van der Waals surface area contributed by atoms with Gasteiger partial charge in [0.25, 0.3) is 0 Å². The zero-order chi connectivity index (χ0) is 16.2. The van der Waals surface area contributed by atoms with Crippen molar-refractivity contribution in [3.8, 4) is 0 Å². The van der Waals surface area contributed by atoms with Crippen LogP contribution in [0, 0.1) is 0 Å². The fourth-order valence-corrected chi connectivity index (χ4v) is 1.72. The Morgan fingerprint density at radius 1 is 1.00 bits per heavy atom. The Bertz CT molecular complexity index is 347. The van der Waals surface area contributed by atoms with E-state index in [-0.39, 0.29) is 0 Å². The molecule has 3 rings (SSSR count). The molecule has 0 aliphatic carbocycles. The quantitative estimate of drug-likeness (QED) is 0.756. The molecule has 0 aromatic heterocycles. The van der Waals surface area contributed by atoms with Gasteiger partial charge in [-0.2, -0.15) is 0 Å². The molecule has 1 aromatic rings. The van der Waals surface area contributed by atoms with E-state index in [4.69, 9.17) is 18.9 Å². The summed E-state index contributed by atoms with van der Waals surface area (Å²) >= 11 is 0. The summed E-state index contributed by atoms with van der Waals surface area (Å²) in [7, 11) is 3.36. The van der Waals surface area contributed by atoms with Gasteiger partial charge >= 0.3 is 0 Å².